The molecule has 2 N–H and O–H groups in total. The number of nitrogens with two attached hydrogens (primary N) is 1. The first-order valence-electron chi connectivity index (χ1n) is 10.1. The van der Waals surface area contributed by atoms with Gasteiger partial charge >= 0.3 is 0 Å². The van der Waals surface area contributed by atoms with Gasteiger partial charge in [-0.3, -0.25) is 10.1 Å². The normalized spacial score (nSPS) is 13.9. The molecule has 0 aliphatic rings. The van der Waals surface area contributed by atoms with Crippen LogP contribution in [-0.4, -0.2) is 19.1 Å². The molecule has 31 heavy (non-hydrogen) atoms. The fourth-order valence-electron chi connectivity index (χ4n) is 3.91. The third-order valence-corrected chi connectivity index (χ3v) is 7.30. The van der Waals surface area contributed by atoms with Crippen molar-refractivity contribution in [2.45, 2.75) is 37.4 Å². The van der Waals surface area contributed by atoms with E-state index >= 15 is 0 Å². The van der Waals surface area contributed by atoms with Gasteiger partial charge < -0.3 is 4.52 Å². The molecule has 0 saturated carbocycles. The number of benzene rings is 2. The molecule has 5 nitrogen and oxygen atoms in total. The Labute approximate surface area is 192 Å². The number of aromatic nitrogens is 2. The summed E-state index contributed by atoms with van der Waals surface area (Å²) in [7, 11) is -1.46. The highest BCUT2D eigenvalue weighted by molar-refractivity contribution is 9.10. The third kappa shape index (κ3) is 4.79. The van der Waals surface area contributed by atoms with Crippen LogP contribution in [0.2, 0.25) is 0 Å². The quantitative estimate of drug-likeness (QED) is 0.351. The number of rotatable bonds is 7. The monoisotopic (exact) mass is 497 g/mol. The maximum Gasteiger partial charge on any atom is 0.168 e. The minimum absolute atomic E-state index is 0.0517. The van der Waals surface area contributed by atoms with Crippen molar-refractivity contribution in [3.63, 3.8) is 0 Å². The lowest BCUT2D eigenvalue weighted by Crippen LogP contribution is -2.34. The van der Waals surface area contributed by atoms with Gasteiger partial charge in [-0.25, -0.2) is 4.21 Å². The lowest BCUT2D eigenvalue weighted by molar-refractivity contribution is 0.459. The second kappa shape index (κ2) is 9.02. The number of halogens is 1. The van der Waals surface area contributed by atoms with Gasteiger partial charge in [-0.15, -0.1) is 0 Å². The molecule has 0 radical (unpaired) electrons. The molecule has 7 heteroatoms. The first kappa shape index (κ1) is 21.9. The van der Waals surface area contributed by atoms with E-state index in [1.807, 2.05) is 62.4 Å². The molecule has 0 amide bonds. The molecule has 2 aromatic carbocycles. The molecule has 0 bridgehead atoms. The van der Waals surface area contributed by atoms with Crippen molar-refractivity contribution in [3.8, 4) is 11.3 Å². The summed E-state index contributed by atoms with van der Waals surface area (Å²) in [6.07, 6.45) is 3.15. The molecule has 2 atom stereocenters. The Morgan fingerprint density at radius 2 is 1.90 bits per heavy atom. The number of fused-ring (bicyclic) bond motifs is 1. The molecule has 160 valence electrons. The molecule has 0 unspecified atom stereocenters. The minimum atomic E-state index is -1.46. The summed E-state index contributed by atoms with van der Waals surface area (Å²) in [6.45, 7) is 3.89. The SMILES string of the molecule is CC(C)(C[C@H](Cc1ccccn1)c1ccccc1-c1noc2cc(Br)ccc12)[S@@](N)=O. The second-order valence-corrected chi connectivity index (χ2v) is 10.9. The standard InChI is InChI=1S/C24H24BrN3O2S/c1-24(2,31(26)29)15-16(13-18-7-5-6-12-27-18)19-8-3-4-9-20(19)23-21-11-10-17(25)14-22(21)30-28-23/h3-12,14,16H,13,15,26H2,1-2H3/t16-,31-/m0/s1. The van der Waals surface area contributed by atoms with Crippen molar-refractivity contribution in [2.24, 2.45) is 5.14 Å². The van der Waals surface area contributed by atoms with Crippen LogP contribution in [0, 0.1) is 0 Å². The van der Waals surface area contributed by atoms with Crippen LogP contribution in [0.15, 0.2) is 75.9 Å². The molecule has 4 aromatic rings. The highest BCUT2D eigenvalue weighted by Gasteiger charge is 2.31. The predicted octanol–water partition coefficient (Wildman–Crippen LogP) is 5.77. The smallest absolute Gasteiger partial charge is 0.168 e. The van der Waals surface area contributed by atoms with Gasteiger partial charge in [0.05, 0.1) is 15.7 Å². The average molecular weight is 498 g/mol. The minimum Gasteiger partial charge on any atom is -0.356 e. The molecule has 0 saturated heterocycles. The lowest BCUT2D eigenvalue weighted by atomic mass is 9.83. The average Bonchev–Trinajstić information content (AvgIpc) is 3.16. The van der Waals surface area contributed by atoms with E-state index in [0.29, 0.717) is 12.8 Å². The number of hydrogen-bond donors (Lipinski definition) is 1. The van der Waals surface area contributed by atoms with Crippen LogP contribution in [0.3, 0.4) is 0 Å². The van der Waals surface area contributed by atoms with Gasteiger partial charge in [0.2, 0.25) is 0 Å². The Kier molecular flexibility index (Phi) is 6.36. The second-order valence-electron chi connectivity index (χ2n) is 8.24. The molecular weight excluding hydrogens is 474 g/mol. The van der Waals surface area contributed by atoms with Crippen LogP contribution in [0.25, 0.3) is 22.2 Å². The van der Waals surface area contributed by atoms with E-state index in [-0.39, 0.29) is 5.92 Å². The summed E-state index contributed by atoms with van der Waals surface area (Å²) < 4.78 is 18.3. The van der Waals surface area contributed by atoms with Gasteiger partial charge in [0.25, 0.3) is 0 Å². The highest BCUT2D eigenvalue weighted by Crippen LogP contribution is 2.39. The van der Waals surface area contributed by atoms with E-state index < -0.39 is 15.7 Å². The summed E-state index contributed by atoms with van der Waals surface area (Å²) >= 11 is 3.48. The molecule has 2 aromatic heterocycles. The first-order valence-corrected chi connectivity index (χ1v) is 12.1. The van der Waals surface area contributed by atoms with Crippen LogP contribution in [-0.2, 0) is 17.4 Å². The van der Waals surface area contributed by atoms with Gasteiger partial charge in [0.15, 0.2) is 5.58 Å². The summed E-state index contributed by atoms with van der Waals surface area (Å²) in [4.78, 5) is 4.52. The Morgan fingerprint density at radius 3 is 2.65 bits per heavy atom. The summed E-state index contributed by atoms with van der Waals surface area (Å²) in [5.41, 5.74) is 4.63. The van der Waals surface area contributed by atoms with Crippen LogP contribution < -0.4 is 5.14 Å². The van der Waals surface area contributed by atoms with E-state index in [9.17, 15) is 4.21 Å². The third-order valence-electron chi connectivity index (χ3n) is 5.55. The van der Waals surface area contributed by atoms with E-state index in [0.717, 1.165) is 38.0 Å². The largest absolute Gasteiger partial charge is 0.356 e. The van der Waals surface area contributed by atoms with Crippen LogP contribution in [0.1, 0.15) is 37.4 Å². The Bertz CT molecular complexity index is 1220. The van der Waals surface area contributed by atoms with E-state index in [2.05, 4.69) is 38.2 Å². The maximum atomic E-state index is 12.2. The van der Waals surface area contributed by atoms with Crippen molar-refractivity contribution in [1.29, 1.82) is 0 Å². The summed E-state index contributed by atoms with van der Waals surface area (Å²) in [5.74, 6) is 0.0517. The van der Waals surface area contributed by atoms with Crippen LogP contribution >= 0.6 is 15.9 Å². The predicted molar refractivity (Wildman–Crippen MR) is 129 cm³/mol. The van der Waals surface area contributed by atoms with Gasteiger partial charge in [0.1, 0.15) is 5.69 Å². The summed E-state index contributed by atoms with van der Waals surface area (Å²) in [6, 6.07) is 20.0. The van der Waals surface area contributed by atoms with Crippen molar-refractivity contribution >= 4 is 37.9 Å². The topological polar surface area (TPSA) is 82.0 Å². The van der Waals surface area contributed by atoms with Crippen molar-refractivity contribution in [3.05, 3.63) is 82.6 Å². The molecule has 0 spiro atoms. The highest BCUT2D eigenvalue weighted by atomic mass is 79.9. The zero-order chi connectivity index (χ0) is 22.0. The number of pyridine rings is 1. The Morgan fingerprint density at radius 1 is 1.13 bits per heavy atom. The maximum absolute atomic E-state index is 12.2. The zero-order valence-corrected chi connectivity index (χ0v) is 19.8. The molecule has 0 fully saturated rings. The Balaban J connectivity index is 1.82. The van der Waals surface area contributed by atoms with Crippen LogP contribution in [0.4, 0.5) is 0 Å². The molecular formula is C24H24BrN3O2S. The van der Waals surface area contributed by atoms with Gasteiger partial charge in [-0.05, 0) is 68.5 Å². The van der Waals surface area contributed by atoms with Crippen molar-refractivity contribution in [1.82, 2.24) is 10.1 Å². The van der Waals surface area contributed by atoms with Gasteiger partial charge in [-0.1, -0.05) is 51.4 Å². The fraction of sp³-hybridized carbons (Fsp3) is 0.250. The van der Waals surface area contributed by atoms with Gasteiger partial charge in [-0.2, -0.15) is 0 Å². The molecule has 2 heterocycles. The Hall–Kier alpha value is -2.35. The molecule has 0 aliphatic heterocycles. The fourth-order valence-corrected chi connectivity index (χ4v) is 4.62. The number of hydrogen-bond acceptors (Lipinski definition) is 4. The molecule has 0 aliphatic carbocycles. The van der Waals surface area contributed by atoms with Crippen molar-refractivity contribution < 1.29 is 8.73 Å². The van der Waals surface area contributed by atoms with Crippen LogP contribution in [0.5, 0.6) is 0 Å². The first-order chi connectivity index (χ1) is 14.8. The summed E-state index contributed by atoms with van der Waals surface area (Å²) in [5, 5.41) is 11.2. The van der Waals surface area contributed by atoms with E-state index in [4.69, 9.17) is 9.66 Å². The van der Waals surface area contributed by atoms with E-state index in [1.165, 1.54) is 0 Å². The van der Waals surface area contributed by atoms with Gasteiger partial charge in [0, 0.05) is 27.3 Å². The lowest BCUT2D eigenvalue weighted by Gasteiger charge is -2.28. The number of nitrogens with zero attached hydrogens (tertiary/aromatic N) is 2. The zero-order valence-electron chi connectivity index (χ0n) is 17.4. The molecule has 4 rings (SSSR count). The van der Waals surface area contributed by atoms with Crippen molar-refractivity contribution in [2.75, 3.05) is 0 Å². The van der Waals surface area contributed by atoms with E-state index in [1.54, 1.807) is 6.20 Å².